The number of hydrogen-bond acceptors (Lipinski definition) is 8. The second-order valence-corrected chi connectivity index (χ2v) is 10.8. The van der Waals surface area contributed by atoms with E-state index in [0.717, 1.165) is 0 Å². The largest absolute Gasteiger partial charge is 0.480 e. The molecule has 9 heteroatoms. The first-order valence-corrected chi connectivity index (χ1v) is 12.9. The fourth-order valence-electron chi connectivity index (χ4n) is 3.13. The molecule has 0 aliphatic rings. The molecule has 0 aromatic heterocycles. The van der Waals surface area contributed by atoms with Crippen molar-refractivity contribution in [3.8, 4) is 11.5 Å². The van der Waals surface area contributed by atoms with Crippen LogP contribution in [0, 0.1) is 17.3 Å². The lowest BCUT2D eigenvalue weighted by molar-refractivity contribution is -0.150. The van der Waals surface area contributed by atoms with Gasteiger partial charge in [0.15, 0.2) is 11.5 Å². The number of benzene rings is 1. The zero-order valence-corrected chi connectivity index (χ0v) is 23.4. The van der Waals surface area contributed by atoms with Crippen molar-refractivity contribution >= 4 is 23.9 Å². The van der Waals surface area contributed by atoms with Crippen molar-refractivity contribution in [2.45, 2.75) is 93.2 Å². The van der Waals surface area contributed by atoms with Crippen molar-refractivity contribution in [2.24, 2.45) is 17.3 Å². The second kappa shape index (κ2) is 14.7. The molecular formula is C28H43NO8. The van der Waals surface area contributed by atoms with Gasteiger partial charge in [-0.1, -0.05) is 54.5 Å². The summed E-state index contributed by atoms with van der Waals surface area (Å²) in [7, 11) is 0. The lowest BCUT2D eigenvalue weighted by Gasteiger charge is -2.21. The van der Waals surface area contributed by atoms with E-state index in [2.05, 4.69) is 5.32 Å². The molecule has 0 bridgehead atoms. The Balaban J connectivity index is 3.02. The molecule has 37 heavy (non-hydrogen) atoms. The molecule has 1 rings (SSSR count). The molecular weight excluding hydrogens is 478 g/mol. The van der Waals surface area contributed by atoms with Crippen LogP contribution in [0.2, 0.25) is 0 Å². The zero-order valence-electron chi connectivity index (χ0n) is 23.4. The summed E-state index contributed by atoms with van der Waals surface area (Å²) in [4.78, 5) is 48.8. The van der Waals surface area contributed by atoms with Gasteiger partial charge in [-0.15, -0.1) is 0 Å². The van der Waals surface area contributed by atoms with E-state index in [0.29, 0.717) is 18.4 Å². The molecule has 4 atom stereocenters. The van der Waals surface area contributed by atoms with Crippen molar-refractivity contribution in [1.82, 2.24) is 5.32 Å². The van der Waals surface area contributed by atoms with Gasteiger partial charge in [0.2, 0.25) is 0 Å². The molecule has 9 nitrogen and oxygen atoms in total. The maximum absolute atomic E-state index is 12.5. The molecule has 0 aliphatic heterocycles. The van der Waals surface area contributed by atoms with Gasteiger partial charge in [0.05, 0.1) is 18.3 Å². The number of nitrogens with one attached hydrogen (secondary N) is 1. The van der Waals surface area contributed by atoms with Crippen molar-refractivity contribution in [1.29, 1.82) is 0 Å². The summed E-state index contributed by atoms with van der Waals surface area (Å²) in [5.74, 6) is -2.88. The Hall–Kier alpha value is -2.94. The maximum atomic E-state index is 12.5. The second-order valence-electron chi connectivity index (χ2n) is 10.8. The Labute approximate surface area is 220 Å². The number of carbonyl (C=O) groups is 4. The SMILES string of the molecule is CCC(C)C(=O)Oc1ccc(C[C@H](NCC(C)OC(=O)CC(C)(C)C)C(=O)O)cc1OC(=O)C(C)CC. The Morgan fingerprint density at radius 3 is 1.95 bits per heavy atom. The molecule has 0 saturated carbocycles. The Bertz CT molecular complexity index is 937. The van der Waals surface area contributed by atoms with Crippen LogP contribution in [0.15, 0.2) is 18.2 Å². The third kappa shape index (κ3) is 11.8. The summed E-state index contributed by atoms with van der Waals surface area (Å²) in [6.45, 7) is 14.8. The summed E-state index contributed by atoms with van der Waals surface area (Å²) in [6, 6.07) is 3.66. The minimum Gasteiger partial charge on any atom is -0.480 e. The van der Waals surface area contributed by atoms with Gasteiger partial charge in [-0.05, 0) is 49.3 Å². The highest BCUT2D eigenvalue weighted by atomic mass is 16.6. The maximum Gasteiger partial charge on any atom is 0.321 e. The van der Waals surface area contributed by atoms with Crippen LogP contribution in [-0.4, -0.2) is 47.7 Å². The lowest BCUT2D eigenvalue weighted by Crippen LogP contribution is -2.42. The van der Waals surface area contributed by atoms with Crippen molar-refractivity contribution < 1.29 is 38.5 Å². The van der Waals surface area contributed by atoms with Gasteiger partial charge in [0, 0.05) is 6.54 Å². The number of ether oxygens (including phenoxy) is 3. The van der Waals surface area contributed by atoms with E-state index in [1.165, 1.54) is 12.1 Å². The van der Waals surface area contributed by atoms with Gasteiger partial charge in [-0.3, -0.25) is 19.2 Å². The van der Waals surface area contributed by atoms with Crippen LogP contribution in [0.5, 0.6) is 11.5 Å². The number of carboxylic acid groups (broad SMARTS) is 1. The quantitative estimate of drug-likeness (QED) is 0.268. The molecule has 208 valence electrons. The highest BCUT2D eigenvalue weighted by Crippen LogP contribution is 2.31. The average molecular weight is 522 g/mol. The van der Waals surface area contributed by atoms with Crippen LogP contribution in [0.1, 0.15) is 80.2 Å². The molecule has 0 spiro atoms. The molecule has 1 aromatic rings. The smallest absolute Gasteiger partial charge is 0.321 e. The lowest BCUT2D eigenvalue weighted by atomic mass is 9.92. The standard InChI is InChI=1S/C28H43NO8/c1-9-17(3)26(33)36-22-12-11-20(14-23(22)37-27(34)18(4)10-2)13-21(25(31)32)29-16-19(5)35-24(30)15-28(6,7)8/h11-12,14,17-19,21,29H,9-10,13,15-16H2,1-8H3,(H,31,32)/t17?,18?,19?,21-/m0/s1. The number of esters is 3. The molecule has 3 unspecified atom stereocenters. The van der Waals surface area contributed by atoms with Gasteiger partial charge in [0.25, 0.3) is 0 Å². The van der Waals surface area contributed by atoms with Crippen molar-refractivity contribution in [2.75, 3.05) is 6.54 Å². The molecule has 0 heterocycles. The number of rotatable bonds is 14. The first kappa shape index (κ1) is 32.1. The summed E-state index contributed by atoms with van der Waals surface area (Å²) >= 11 is 0. The molecule has 0 fully saturated rings. The topological polar surface area (TPSA) is 128 Å². The highest BCUT2D eigenvalue weighted by molar-refractivity contribution is 5.78. The molecule has 0 aliphatic carbocycles. The minimum atomic E-state index is -1.08. The monoisotopic (exact) mass is 521 g/mol. The number of aliphatic carboxylic acids is 1. The molecule has 2 N–H and O–H groups in total. The zero-order chi connectivity index (χ0) is 28.3. The van der Waals surface area contributed by atoms with E-state index in [4.69, 9.17) is 14.2 Å². The van der Waals surface area contributed by atoms with Crippen LogP contribution in [0.4, 0.5) is 0 Å². The Kier molecular flexibility index (Phi) is 12.8. The van der Waals surface area contributed by atoms with Gasteiger partial charge in [-0.25, -0.2) is 0 Å². The fraction of sp³-hybridized carbons (Fsp3) is 0.643. The van der Waals surface area contributed by atoms with E-state index < -0.39 is 30.1 Å². The molecule has 0 amide bonds. The molecule has 0 saturated heterocycles. The molecule has 0 radical (unpaired) electrons. The number of carboxylic acids is 1. The van der Waals surface area contributed by atoms with Crippen LogP contribution < -0.4 is 14.8 Å². The first-order valence-electron chi connectivity index (χ1n) is 12.9. The highest BCUT2D eigenvalue weighted by Gasteiger charge is 2.24. The number of hydrogen-bond donors (Lipinski definition) is 2. The normalized spacial score (nSPS) is 14.7. The van der Waals surface area contributed by atoms with Crippen LogP contribution in [0.25, 0.3) is 0 Å². The van der Waals surface area contributed by atoms with Gasteiger partial charge in [0.1, 0.15) is 12.1 Å². The van der Waals surface area contributed by atoms with Gasteiger partial charge >= 0.3 is 23.9 Å². The average Bonchev–Trinajstić information content (AvgIpc) is 2.80. The Morgan fingerprint density at radius 1 is 0.919 bits per heavy atom. The predicted octanol–water partition coefficient (Wildman–Crippen LogP) is 4.54. The predicted molar refractivity (Wildman–Crippen MR) is 139 cm³/mol. The van der Waals surface area contributed by atoms with Crippen LogP contribution in [-0.2, 0) is 30.3 Å². The van der Waals surface area contributed by atoms with Gasteiger partial charge in [-0.2, -0.15) is 0 Å². The van der Waals surface area contributed by atoms with Gasteiger partial charge < -0.3 is 24.6 Å². The third-order valence-corrected chi connectivity index (χ3v) is 5.86. The van der Waals surface area contributed by atoms with Crippen molar-refractivity contribution in [3.63, 3.8) is 0 Å². The number of carbonyl (C=O) groups excluding carboxylic acids is 3. The van der Waals surface area contributed by atoms with E-state index in [1.807, 2.05) is 34.6 Å². The van der Waals surface area contributed by atoms with E-state index in [-0.39, 0.29) is 54.1 Å². The van der Waals surface area contributed by atoms with E-state index in [1.54, 1.807) is 26.8 Å². The summed E-state index contributed by atoms with van der Waals surface area (Å²) in [5.41, 5.74) is 0.353. The van der Waals surface area contributed by atoms with E-state index in [9.17, 15) is 24.3 Å². The Morgan fingerprint density at radius 2 is 1.46 bits per heavy atom. The minimum absolute atomic E-state index is 0.0610. The third-order valence-electron chi connectivity index (χ3n) is 5.86. The summed E-state index contributed by atoms with van der Waals surface area (Å²) in [6.07, 6.45) is 0.960. The first-order chi connectivity index (χ1) is 17.2. The van der Waals surface area contributed by atoms with Crippen LogP contribution >= 0.6 is 0 Å². The van der Waals surface area contributed by atoms with Crippen molar-refractivity contribution in [3.05, 3.63) is 23.8 Å². The summed E-state index contributed by atoms with van der Waals surface area (Å²) in [5, 5.41) is 12.7. The van der Waals surface area contributed by atoms with Crippen LogP contribution in [0.3, 0.4) is 0 Å². The summed E-state index contributed by atoms with van der Waals surface area (Å²) < 4.78 is 16.4. The van der Waals surface area contributed by atoms with E-state index >= 15 is 0 Å². The fourth-order valence-corrected chi connectivity index (χ4v) is 3.13. The molecule has 1 aromatic carbocycles.